The van der Waals surface area contributed by atoms with Gasteiger partial charge in [-0.05, 0) is 80.6 Å². The van der Waals surface area contributed by atoms with Gasteiger partial charge in [0.15, 0.2) is 0 Å². The molecule has 1 saturated carbocycles. The van der Waals surface area contributed by atoms with Gasteiger partial charge in [-0.3, -0.25) is 9.78 Å². The third kappa shape index (κ3) is 6.29. The Morgan fingerprint density at radius 3 is 2.39 bits per heavy atom. The zero-order valence-corrected chi connectivity index (χ0v) is 22.4. The highest BCUT2D eigenvalue weighted by atomic mass is 32.1. The predicted octanol–water partition coefficient (Wildman–Crippen LogP) is 5.58. The van der Waals surface area contributed by atoms with Crippen LogP contribution in [0.25, 0.3) is 10.9 Å². The number of aromatic nitrogens is 1. The van der Waals surface area contributed by atoms with E-state index in [2.05, 4.69) is 47.2 Å². The van der Waals surface area contributed by atoms with E-state index in [1.165, 1.54) is 0 Å². The molecule has 1 N–H and O–H groups in total. The highest BCUT2D eigenvalue weighted by molar-refractivity contribution is 7.79. The number of nitrogens with one attached hydrogen (secondary N) is 1. The molecule has 1 aliphatic carbocycles. The number of thiol groups is 1. The normalized spacial score (nSPS) is 14.5. The molecule has 0 bridgehead atoms. The topological polar surface area (TPSA) is 63.7 Å². The Bertz CT molecular complexity index is 1240. The van der Waals surface area contributed by atoms with E-state index in [0.717, 1.165) is 47.1 Å². The van der Waals surface area contributed by atoms with Crippen LogP contribution < -0.4 is 14.8 Å². The van der Waals surface area contributed by atoms with Crippen molar-refractivity contribution in [2.75, 3.05) is 33.8 Å². The van der Waals surface area contributed by atoms with Gasteiger partial charge in [-0.25, -0.2) is 4.39 Å². The van der Waals surface area contributed by atoms with Crippen molar-refractivity contribution in [2.24, 2.45) is 0 Å². The molecule has 2 heterocycles. The van der Waals surface area contributed by atoms with E-state index < -0.39 is 12.4 Å². The predicted molar refractivity (Wildman–Crippen MR) is 146 cm³/mol. The second-order valence-corrected chi connectivity index (χ2v) is 8.79. The largest absolute Gasteiger partial charge is 0.497 e. The number of aryl methyl sites for hydroxylation is 2. The van der Waals surface area contributed by atoms with E-state index in [1.54, 1.807) is 25.5 Å². The molecule has 3 aromatic rings. The molecule has 0 saturated heterocycles. The van der Waals surface area contributed by atoms with Crippen LogP contribution in [0.3, 0.4) is 0 Å². The van der Waals surface area contributed by atoms with E-state index in [4.69, 9.17) is 9.47 Å². The van der Waals surface area contributed by atoms with Gasteiger partial charge in [-0.2, -0.15) is 12.6 Å². The summed E-state index contributed by atoms with van der Waals surface area (Å²) in [6, 6.07) is 12.9. The molecule has 1 fully saturated rings. The number of nitrogens with zero attached hydrogens (tertiary/aromatic N) is 2. The van der Waals surface area contributed by atoms with Gasteiger partial charge in [0.25, 0.3) is 5.91 Å². The summed E-state index contributed by atoms with van der Waals surface area (Å²) in [7, 11) is 3.63. The van der Waals surface area contributed by atoms with E-state index in [1.807, 2.05) is 44.2 Å². The number of likely N-dealkylation sites (N-methyl/N-ethyl adjacent to an activating group) is 1. The third-order valence-corrected chi connectivity index (χ3v) is 6.20. The monoisotopic (exact) mass is 511 g/mol. The number of alkyl halides is 1. The van der Waals surface area contributed by atoms with Gasteiger partial charge in [0.2, 0.25) is 6.86 Å². The number of ether oxygens (including phenoxy) is 2. The second kappa shape index (κ2) is 12.1. The number of pyridine rings is 1. The Kier molecular flexibility index (Phi) is 9.20. The average Bonchev–Trinajstić information content (AvgIpc) is 3.64. The van der Waals surface area contributed by atoms with Gasteiger partial charge in [-0.15, -0.1) is 0 Å². The van der Waals surface area contributed by atoms with Crippen LogP contribution in [0.15, 0.2) is 54.7 Å². The number of methoxy groups -OCH3 is 1. The zero-order chi connectivity index (χ0) is 26.3. The zero-order valence-electron chi connectivity index (χ0n) is 21.5. The van der Waals surface area contributed by atoms with Crippen LogP contribution in [0.5, 0.6) is 11.5 Å². The molecule has 2 aromatic carbocycles. The van der Waals surface area contributed by atoms with Crippen molar-refractivity contribution < 1.29 is 18.7 Å². The second-order valence-electron chi connectivity index (χ2n) is 8.79. The van der Waals surface area contributed by atoms with Crippen molar-refractivity contribution >= 4 is 29.4 Å². The van der Waals surface area contributed by atoms with Gasteiger partial charge < -0.3 is 19.7 Å². The first-order chi connectivity index (χ1) is 17.3. The van der Waals surface area contributed by atoms with Gasteiger partial charge in [0.05, 0.1) is 18.2 Å². The summed E-state index contributed by atoms with van der Waals surface area (Å²) in [5, 5.41) is 4.13. The number of hydrogen-bond donors (Lipinski definition) is 2. The molecule has 1 amide bonds. The summed E-state index contributed by atoms with van der Waals surface area (Å²) in [5.41, 5.74) is 3.42. The molecule has 0 atom stereocenters. The molecule has 6 nitrogen and oxygen atoms in total. The van der Waals surface area contributed by atoms with Crippen molar-refractivity contribution in [2.45, 2.75) is 32.2 Å². The average molecular weight is 512 g/mol. The summed E-state index contributed by atoms with van der Waals surface area (Å²) < 4.78 is 23.2. The lowest BCUT2D eigenvalue weighted by Gasteiger charge is -2.22. The molecular weight excluding hydrogens is 477 g/mol. The summed E-state index contributed by atoms with van der Waals surface area (Å²) in [6.45, 7) is 4.02. The molecule has 2 aliphatic rings. The molecule has 0 radical (unpaired) electrons. The first-order valence-corrected chi connectivity index (χ1v) is 12.6. The smallest absolute Gasteiger partial charge is 0.252 e. The van der Waals surface area contributed by atoms with Crippen LogP contribution in [0.4, 0.5) is 4.39 Å². The van der Waals surface area contributed by atoms with Crippen LogP contribution >= 0.6 is 12.6 Å². The molecule has 0 spiro atoms. The van der Waals surface area contributed by atoms with Crippen LogP contribution in [0.1, 0.15) is 40.0 Å². The molecule has 1 aromatic heterocycles. The number of carbonyl (C=O) groups is 1. The Labute approximate surface area is 217 Å². The van der Waals surface area contributed by atoms with Crippen LogP contribution in [0.2, 0.25) is 0 Å². The molecule has 192 valence electrons. The van der Waals surface area contributed by atoms with Crippen molar-refractivity contribution in [1.29, 1.82) is 0 Å². The maximum absolute atomic E-state index is 13.1. The fourth-order valence-electron chi connectivity index (χ4n) is 4.01. The standard InChI is InChI=1S/C23H23FN2O3.C4H7N.CH4S/c1-14-4-6-16(28-3)10-19(14)22(27)26-23(8-9-23)20-11-17(29-13-24)12-21-18(20)7-5-15(2)25-21;1-5-3-2-4-5;1-2/h4-7,10-12H,8-9,13H2,1-3H3,(H,26,27);2-3H,4H2,1H3;2H,1H3. The van der Waals surface area contributed by atoms with Crippen LogP contribution in [0, 0.1) is 13.8 Å². The Hall–Kier alpha value is -3.26. The fourth-order valence-corrected chi connectivity index (χ4v) is 4.01. The van der Waals surface area contributed by atoms with E-state index in [9.17, 15) is 9.18 Å². The number of benzene rings is 2. The number of amides is 1. The van der Waals surface area contributed by atoms with Crippen molar-refractivity contribution in [3.63, 3.8) is 0 Å². The minimum absolute atomic E-state index is 0.163. The third-order valence-electron chi connectivity index (χ3n) is 6.20. The van der Waals surface area contributed by atoms with Crippen molar-refractivity contribution in [3.05, 3.63) is 77.1 Å². The first-order valence-electron chi connectivity index (χ1n) is 11.7. The molecule has 1 aliphatic heterocycles. The molecule has 5 rings (SSSR count). The number of rotatable bonds is 6. The minimum atomic E-state index is -0.918. The molecular formula is C28H34FN3O3S. The van der Waals surface area contributed by atoms with Crippen LogP contribution in [-0.2, 0) is 5.54 Å². The van der Waals surface area contributed by atoms with Gasteiger partial charge in [0.1, 0.15) is 11.5 Å². The van der Waals surface area contributed by atoms with Crippen LogP contribution in [-0.4, -0.2) is 49.6 Å². The summed E-state index contributed by atoms with van der Waals surface area (Å²) in [5.74, 6) is 0.879. The number of carbonyl (C=O) groups excluding carboxylic acids is 1. The lowest BCUT2D eigenvalue weighted by Crippen LogP contribution is -2.35. The Morgan fingerprint density at radius 2 is 1.83 bits per heavy atom. The maximum atomic E-state index is 13.1. The summed E-state index contributed by atoms with van der Waals surface area (Å²) in [4.78, 5) is 19.8. The fraction of sp³-hybridized carbons (Fsp3) is 0.357. The van der Waals surface area contributed by atoms with E-state index in [-0.39, 0.29) is 5.91 Å². The Balaban J connectivity index is 0.000000452. The van der Waals surface area contributed by atoms with Gasteiger partial charge >= 0.3 is 0 Å². The number of halogens is 1. The first kappa shape index (κ1) is 27.3. The summed E-state index contributed by atoms with van der Waals surface area (Å²) in [6.07, 6.45) is 7.47. The molecule has 8 heteroatoms. The van der Waals surface area contributed by atoms with E-state index in [0.29, 0.717) is 17.1 Å². The lowest BCUT2D eigenvalue weighted by atomic mass is 9.97. The maximum Gasteiger partial charge on any atom is 0.252 e. The quantitative estimate of drug-likeness (QED) is 0.423. The van der Waals surface area contributed by atoms with Gasteiger partial charge in [0, 0.05) is 36.3 Å². The molecule has 0 unspecified atom stereocenters. The highest BCUT2D eigenvalue weighted by Crippen LogP contribution is 2.49. The van der Waals surface area contributed by atoms with Crippen molar-refractivity contribution in [1.82, 2.24) is 15.2 Å². The SMILES string of the molecule is CN1C=CC1.COc1ccc(C)c(C(=O)NC2(c3cc(OCF)cc4nc(C)ccc34)CC2)c1.CS. The Morgan fingerprint density at radius 1 is 1.14 bits per heavy atom. The minimum Gasteiger partial charge on any atom is -0.497 e. The van der Waals surface area contributed by atoms with Crippen molar-refractivity contribution in [3.8, 4) is 11.5 Å². The van der Waals surface area contributed by atoms with E-state index >= 15 is 0 Å². The number of fused-ring (bicyclic) bond motifs is 1. The summed E-state index contributed by atoms with van der Waals surface area (Å²) >= 11 is 3.53. The number of hydrogen-bond acceptors (Lipinski definition) is 6. The highest BCUT2D eigenvalue weighted by Gasteiger charge is 2.47. The van der Waals surface area contributed by atoms with Gasteiger partial charge in [-0.1, -0.05) is 12.1 Å². The molecule has 36 heavy (non-hydrogen) atoms. The lowest BCUT2D eigenvalue weighted by molar-refractivity contribution is 0.0930.